The van der Waals surface area contributed by atoms with Gasteiger partial charge in [0.25, 0.3) is 0 Å². The van der Waals surface area contributed by atoms with Crippen LogP contribution < -0.4 is 5.32 Å². The van der Waals surface area contributed by atoms with Crippen LogP contribution in [0.15, 0.2) is 24.3 Å². The molecule has 0 aliphatic carbocycles. The lowest BCUT2D eigenvalue weighted by atomic mass is 10.1. The van der Waals surface area contributed by atoms with Crippen LogP contribution in [-0.4, -0.2) is 30.4 Å². The van der Waals surface area contributed by atoms with E-state index < -0.39 is 0 Å². The highest BCUT2D eigenvalue weighted by atomic mass is 16.2. The summed E-state index contributed by atoms with van der Waals surface area (Å²) < 4.78 is 0. The monoisotopic (exact) mass is 290 g/mol. The van der Waals surface area contributed by atoms with Gasteiger partial charge >= 0.3 is 0 Å². The van der Waals surface area contributed by atoms with Crippen molar-refractivity contribution in [3.8, 4) is 0 Å². The lowest BCUT2D eigenvalue weighted by molar-refractivity contribution is -0.117. The molecule has 0 unspecified atom stereocenters. The first-order valence-electron chi connectivity index (χ1n) is 8.10. The second kappa shape index (κ2) is 9.56. The van der Waals surface area contributed by atoms with Gasteiger partial charge in [-0.1, -0.05) is 45.4 Å². The number of para-hydroxylation sites is 1. The number of nitrogens with one attached hydrogen (secondary N) is 1. The molecule has 0 spiro atoms. The first-order chi connectivity index (χ1) is 10.0. The average Bonchev–Trinajstić information content (AvgIpc) is 2.44. The molecule has 0 heterocycles. The first kappa shape index (κ1) is 17.7. The van der Waals surface area contributed by atoms with E-state index in [4.69, 9.17) is 0 Å². The molecule has 0 radical (unpaired) electrons. The van der Waals surface area contributed by atoms with Crippen molar-refractivity contribution in [3.63, 3.8) is 0 Å². The van der Waals surface area contributed by atoms with Crippen molar-refractivity contribution in [1.29, 1.82) is 0 Å². The van der Waals surface area contributed by atoms with Gasteiger partial charge in [0.2, 0.25) is 5.91 Å². The number of aryl methyl sites for hydroxylation is 1. The Bertz CT molecular complexity index is 429. The van der Waals surface area contributed by atoms with Crippen LogP contribution in [0.5, 0.6) is 0 Å². The summed E-state index contributed by atoms with van der Waals surface area (Å²) in [5, 5.41) is 3.02. The molecule has 0 aromatic heterocycles. The molecule has 1 aromatic carbocycles. The van der Waals surface area contributed by atoms with Crippen LogP contribution in [0.2, 0.25) is 0 Å². The third kappa shape index (κ3) is 7.28. The van der Waals surface area contributed by atoms with Crippen LogP contribution >= 0.6 is 0 Å². The van der Waals surface area contributed by atoms with Crippen molar-refractivity contribution in [1.82, 2.24) is 4.90 Å². The van der Waals surface area contributed by atoms with Gasteiger partial charge in [0.05, 0.1) is 6.54 Å². The minimum atomic E-state index is 0.0872. The predicted molar refractivity (Wildman–Crippen MR) is 90.6 cm³/mol. The number of benzene rings is 1. The number of nitrogens with zero attached hydrogens (tertiary/aromatic N) is 1. The number of amides is 1. The Hall–Kier alpha value is -1.35. The van der Waals surface area contributed by atoms with E-state index in [2.05, 4.69) is 31.0 Å². The number of rotatable bonds is 9. The summed E-state index contributed by atoms with van der Waals surface area (Å²) in [6, 6.07) is 7.92. The van der Waals surface area contributed by atoms with Gasteiger partial charge in [0.15, 0.2) is 0 Å². The molecule has 0 saturated heterocycles. The SMILES string of the molecule is CCCCN(CCC(C)C)CC(=O)Nc1ccccc1C. The Morgan fingerprint density at radius 2 is 1.95 bits per heavy atom. The number of hydrogen-bond donors (Lipinski definition) is 1. The number of unbranched alkanes of at least 4 members (excludes halogenated alkanes) is 1. The molecule has 21 heavy (non-hydrogen) atoms. The fourth-order valence-electron chi connectivity index (χ4n) is 2.20. The van der Waals surface area contributed by atoms with Crippen LogP contribution in [0.25, 0.3) is 0 Å². The van der Waals surface area contributed by atoms with Gasteiger partial charge < -0.3 is 5.32 Å². The van der Waals surface area contributed by atoms with Gasteiger partial charge in [-0.25, -0.2) is 0 Å². The van der Waals surface area contributed by atoms with E-state index in [9.17, 15) is 4.79 Å². The van der Waals surface area contributed by atoms with Crippen LogP contribution in [0, 0.1) is 12.8 Å². The van der Waals surface area contributed by atoms with Crippen molar-refractivity contribution in [2.24, 2.45) is 5.92 Å². The Kier molecular flexibility index (Phi) is 8.06. The van der Waals surface area contributed by atoms with Crippen molar-refractivity contribution < 1.29 is 4.79 Å². The molecule has 0 aliphatic rings. The zero-order valence-corrected chi connectivity index (χ0v) is 14.0. The minimum absolute atomic E-state index is 0.0872. The third-order valence-corrected chi connectivity index (χ3v) is 3.64. The van der Waals surface area contributed by atoms with E-state index in [1.165, 1.54) is 0 Å². The number of hydrogen-bond acceptors (Lipinski definition) is 2. The van der Waals surface area contributed by atoms with Gasteiger partial charge in [-0.3, -0.25) is 9.69 Å². The molecular weight excluding hydrogens is 260 g/mol. The largest absolute Gasteiger partial charge is 0.325 e. The van der Waals surface area contributed by atoms with E-state index in [1.807, 2.05) is 31.2 Å². The summed E-state index contributed by atoms with van der Waals surface area (Å²) in [7, 11) is 0. The first-order valence-corrected chi connectivity index (χ1v) is 8.10. The summed E-state index contributed by atoms with van der Waals surface area (Å²) in [6.45, 7) is 11.2. The normalized spacial score (nSPS) is 11.1. The highest BCUT2D eigenvalue weighted by Crippen LogP contribution is 2.13. The van der Waals surface area contributed by atoms with E-state index >= 15 is 0 Å². The van der Waals surface area contributed by atoms with Crippen LogP contribution in [-0.2, 0) is 4.79 Å². The highest BCUT2D eigenvalue weighted by molar-refractivity contribution is 5.92. The Morgan fingerprint density at radius 3 is 2.57 bits per heavy atom. The average molecular weight is 290 g/mol. The highest BCUT2D eigenvalue weighted by Gasteiger charge is 2.11. The molecule has 0 atom stereocenters. The van der Waals surface area contributed by atoms with Crippen LogP contribution in [0.4, 0.5) is 5.69 Å². The minimum Gasteiger partial charge on any atom is -0.325 e. The quantitative estimate of drug-likeness (QED) is 0.743. The summed E-state index contributed by atoms with van der Waals surface area (Å²) in [5.41, 5.74) is 2.02. The molecule has 0 saturated carbocycles. The number of carbonyl (C=O) groups excluding carboxylic acids is 1. The standard InChI is InChI=1S/C18H30N2O/c1-5-6-12-20(13-11-15(2)3)14-18(21)19-17-10-8-7-9-16(17)4/h7-10,15H,5-6,11-14H2,1-4H3,(H,19,21). The van der Waals surface area contributed by atoms with Crippen molar-refractivity contribution >= 4 is 11.6 Å². The molecular formula is C18H30N2O. The maximum absolute atomic E-state index is 12.2. The maximum atomic E-state index is 12.2. The molecule has 3 heteroatoms. The molecule has 0 bridgehead atoms. The summed E-state index contributed by atoms with van der Waals surface area (Å²) in [4.78, 5) is 14.5. The Morgan fingerprint density at radius 1 is 1.24 bits per heavy atom. The zero-order chi connectivity index (χ0) is 15.7. The van der Waals surface area contributed by atoms with E-state index in [0.717, 1.165) is 43.6 Å². The zero-order valence-electron chi connectivity index (χ0n) is 14.0. The molecule has 3 nitrogen and oxygen atoms in total. The van der Waals surface area contributed by atoms with E-state index in [-0.39, 0.29) is 5.91 Å². The van der Waals surface area contributed by atoms with Gasteiger partial charge in [-0.2, -0.15) is 0 Å². The van der Waals surface area contributed by atoms with Crippen LogP contribution in [0.1, 0.15) is 45.6 Å². The number of carbonyl (C=O) groups is 1. The van der Waals surface area contributed by atoms with Gasteiger partial charge in [-0.15, -0.1) is 0 Å². The van der Waals surface area contributed by atoms with Crippen molar-refractivity contribution in [3.05, 3.63) is 29.8 Å². The van der Waals surface area contributed by atoms with E-state index in [0.29, 0.717) is 12.5 Å². The fraction of sp³-hybridized carbons (Fsp3) is 0.611. The lowest BCUT2D eigenvalue weighted by Gasteiger charge is -2.22. The molecule has 0 aliphatic heterocycles. The topological polar surface area (TPSA) is 32.3 Å². The second-order valence-corrected chi connectivity index (χ2v) is 6.18. The van der Waals surface area contributed by atoms with Gasteiger partial charge in [-0.05, 0) is 50.4 Å². The van der Waals surface area contributed by atoms with Gasteiger partial charge in [0.1, 0.15) is 0 Å². The Labute approximate surface area is 129 Å². The predicted octanol–water partition coefficient (Wildman–Crippen LogP) is 4.08. The molecule has 1 rings (SSSR count). The molecule has 1 N–H and O–H groups in total. The maximum Gasteiger partial charge on any atom is 0.238 e. The molecule has 118 valence electrons. The fourth-order valence-corrected chi connectivity index (χ4v) is 2.20. The van der Waals surface area contributed by atoms with Gasteiger partial charge in [0, 0.05) is 5.69 Å². The number of anilines is 1. The van der Waals surface area contributed by atoms with Crippen molar-refractivity contribution in [2.75, 3.05) is 25.0 Å². The third-order valence-electron chi connectivity index (χ3n) is 3.64. The molecule has 0 fully saturated rings. The molecule has 1 aromatic rings. The summed E-state index contributed by atoms with van der Waals surface area (Å²) >= 11 is 0. The van der Waals surface area contributed by atoms with Crippen LogP contribution in [0.3, 0.4) is 0 Å². The smallest absolute Gasteiger partial charge is 0.238 e. The molecule has 1 amide bonds. The van der Waals surface area contributed by atoms with E-state index in [1.54, 1.807) is 0 Å². The summed E-state index contributed by atoms with van der Waals surface area (Å²) in [6.07, 6.45) is 3.45. The second-order valence-electron chi connectivity index (χ2n) is 6.18. The Balaban J connectivity index is 2.52. The summed E-state index contributed by atoms with van der Waals surface area (Å²) in [5.74, 6) is 0.762. The van der Waals surface area contributed by atoms with Crippen molar-refractivity contribution in [2.45, 2.75) is 47.0 Å². The lowest BCUT2D eigenvalue weighted by Crippen LogP contribution is -2.35.